The summed E-state index contributed by atoms with van der Waals surface area (Å²) in [6, 6.07) is 0. The molecule has 5 atom stereocenters. The van der Waals surface area contributed by atoms with Crippen molar-refractivity contribution in [2.45, 2.75) is 24.5 Å². The van der Waals surface area contributed by atoms with E-state index in [1.165, 1.54) is 20.5 Å². The molecule has 2 aromatic rings. The fraction of sp³-hybridized carbons (Fsp3) is 0.615. The number of nitrogen functional groups attached to an aromatic ring is 2. The second-order valence-electron chi connectivity index (χ2n) is 5.85. The Balaban J connectivity index is 2.03. The number of imidazole rings is 1. The zero-order valence-electron chi connectivity index (χ0n) is 14.4. The molecule has 2 aromatic heterocycles. The zero-order valence-corrected chi connectivity index (χ0v) is 15.3. The van der Waals surface area contributed by atoms with Gasteiger partial charge in [0.05, 0.1) is 12.9 Å². The lowest BCUT2D eigenvalue weighted by molar-refractivity contribution is -0.205. The molecular weight excluding hydrogens is 367 g/mol. The van der Waals surface area contributed by atoms with Crippen LogP contribution in [-0.2, 0) is 23.3 Å². The first-order chi connectivity index (χ1) is 12.2. The van der Waals surface area contributed by atoms with Crippen molar-refractivity contribution in [2.24, 2.45) is 0 Å². The van der Waals surface area contributed by atoms with E-state index in [0.717, 1.165) is 6.66 Å². The van der Waals surface area contributed by atoms with Gasteiger partial charge in [-0.15, -0.1) is 0 Å². The van der Waals surface area contributed by atoms with Gasteiger partial charge in [0.1, 0.15) is 31.4 Å². The molecule has 0 radical (unpaired) electrons. The number of nitrogens with two attached hydrogens (primary N) is 2. The Labute approximate surface area is 148 Å². The van der Waals surface area contributed by atoms with Crippen molar-refractivity contribution in [1.29, 1.82) is 0 Å². The van der Waals surface area contributed by atoms with Crippen molar-refractivity contribution in [3.8, 4) is 0 Å². The van der Waals surface area contributed by atoms with Crippen LogP contribution in [0.4, 0.5) is 11.8 Å². The van der Waals surface area contributed by atoms with Crippen LogP contribution in [0.25, 0.3) is 11.2 Å². The van der Waals surface area contributed by atoms with E-state index in [0.29, 0.717) is 11.2 Å². The number of fused-ring (bicyclic) bond motifs is 1. The number of hydrogen-bond acceptors (Lipinski definition) is 11. The van der Waals surface area contributed by atoms with Crippen molar-refractivity contribution < 1.29 is 28.2 Å². The Kier molecular flexibility index (Phi) is 5.15. The summed E-state index contributed by atoms with van der Waals surface area (Å²) < 4.78 is 35.0. The maximum absolute atomic E-state index is 11.7. The molecule has 1 aliphatic rings. The zero-order chi connectivity index (χ0) is 19.1. The van der Waals surface area contributed by atoms with Crippen molar-refractivity contribution in [2.75, 3.05) is 39.0 Å². The number of aromatic nitrogens is 4. The van der Waals surface area contributed by atoms with E-state index in [9.17, 15) is 9.46 Å². The lowest BCUT2D eigenvalue weighted by Gasteiger charge is -2.28. The number of ether oxygens (including phenoxy) is 3. The molecule has 26 heavy (non-hydrogen) atoms. The summed E-state index contributed by atoms with van der Waals surface area (Å²) in [4.78, 5) is 23.9. The van der Waals surface area contributed by atoms with Gasteiger partial charge in [-0.05, 0) is 0 Å². The van der Waals surface area contributed by atoms with Gasteiger partial charge in [-0.3, -0.25) is 4.57 Å². The normalized spacial score (nSPS) is 28.5. The number of anilines is 2. The minimum atomic E-state index is -4.05. The van der Waals surface area contributed by atoms with Gasteiger partial charge in [-0.1, -0.05) is 0 Å². The third-order valence-electron chi connectivity index (χ3n) is 3.94. The van der Waals surface area contributed by atoms with Crippen molar-refractivity contribution in [1.82, 2.24) is 19.5 Å². The Morgan fingerprint density at radius 2 is 2.08 bits per heavy atom. The molecule has 0 aromatic carbocycles. The minimum Gasteiger partial charge on any atom is -0.779 e. The van der Waals surface area contributed by atoms with E-state index < -0.39 is 32.1 Å². The summed E-state index contributed by atoms with van der Waals surface area (Å²) in [5, 5.41) is 0. The highest BCUT2D eigenvalue weighted by Crippen LogP contribution is 2.43. The van der Waals surface area contributed by atoms with Gasteiger partial charge in [-0.2, -0.15) is 9.97 Å². The molecule has 1 fully saturated rings. The molecule has 4 N–H and O–H groups in total. The van der Waals surface area contributed by atoms with Crippen LogP contribution in [0.5, 0.6) is 0 Å². The van der Waals surface area contributed by atoms with Gasteiger partial charge in [-0.25, -0.2) is 4.98 Å². The predicted octanol–water partition coefficient (Wildman–Crippen LogP) is -0.882. The fourth-order valence-electron chi connectivity index (χ4n) is 2.97. The molecule has 1 aliphatic heterocycles. The van der Waals surface area contributed by atoms with Crippen LogP contribution in [-0.4, -0.2) is 65.3 Å². The van der Waals surface area contributed by atoms with E-state index in [1.54, 1.807) is 4.57 Å². The molecule has 0 amide bonds. The molecule has 144 valence electrons. The molecule has 3 heterocycles. The minimum absolute atomic E-state index is 0.0254. The first-order valence-corrected chi connectivity index (χ1v) is 9.63. The van der Waals surface area contributed by atoms with Gasteiger partial charge < -0.3 is 39.7 Å². The second kappa shape index (κ2) is 7.06. The van der Waals surface area contributed by atoms with Crippen LogP contribution in [0, 0.1) is 0 Å². The first-order valence-electron chi connectivity index (χ1n) is 7.64. The van der Waals surface area contributed by atoms with Crippen LogP contribution in [0.1, 0.15) is 6.23 Å². The van der Waals surface area contributed by atoms with Gasteiger partial charge in [0.15, 0.2) is 17.7 Å². The molecule has 1 saturated heterocycles. The van der Waals surface area contributed by atoms with Crippen molar-refractivity contribution >= 4 is 30.5 Å². The molecule has 0 bridgehead atoms. The molecule has 0 aliphatic carbocycles. The van der Waals surface area contributed by atoms with E-state index in [2.05, 4.69) is 15.0 Å². The SMILES string of the molecule is COC[C@H]1O[C@@H](n2cnc3c(N)nc(N)nc32)[C@@H](OC)[C@H]1OP(C)(=O)[O-]. The topological polar surface area (TPSA) is 173 Å². The molecule has 3 rings (SSSR count). The van der Waals surface area contributed by atoms with E-state index in [1.807, 2.05) is 0 Å². The number of hydrogen-bond donors (Lipinski definition) is 2. The number of nitrogens with zero attached hydrogens (tertiary/aromatic N) is 4. The third-order valence-corrected chi connectivity index (χ3v) is 4.57. The van der Waals surface area contributed by atoms with E-state index in [4.69, 9.17) is 30.2 Å². The largest absolute Gasteiger partial charge is 0.779 e. The molecule has 1 unspecified atom stereocenters. The van der Waals surface area contributed by atoms with Crippen molar-refractivity contribution in [3.05, 3.63) is 6.33 Å². The summed E-state index contributed by atoms with van der Waals surface area (Å²) in [7, 11) is -1.15. The van der Waals surface area contributed by atoms with Crippen LogP contribution in [0.2, 0.25) is 0 Å². The molecule has 13 heteroatoms. The Bertz CT molecular complexity index is 840. The quantitative estimate of drug-likeness (QED) is 0.589. The average Bonchev–Trinajstić information content (AvgIpc) is 3.08. The summed E-state index contributed by atoms with van der Waals surface area (Å²) in [6.07, 6.45) is -1.71. The van der Waals surface area contributed by atoms with Crippen LogP contribution in [0.3, 0.4) is 0 Å². The smallest absolute Gasteiger partial charge is 0.224 e. The molecular formula is C13H20N6O6P-. The Morgan fingerprint density at radius 3 is 2.69 bits per heavy atom. The first kappa shape index (κ1) is 19.0. The van der Waals surface area contributed by atoms with Crippen LogP contribution >= 0.6 is 7.60 Å². The standard InChI is InChI=1S/C13H21N6O6P/c1-22-4-6-8(25-26(3,20)21)9(23-2)12(24-6)19-5-16-7-10(14)17-13(15)18-11(7)19/h5-6,8-9,12H,4H2,1-3H3,(H,20,21)(H4,14,15,17,18)/p-1/t6-,8+,9+,12-/m1/s1. The summed E-state index contributed by atoms with van der Waals surface area (Å²) in [6.45, 7) is 1.09. The van der Waals surface area contributed by atoms with Gasteiger partial charge in [0, 0.05) is 20.9 Å². The maximum atomic E-state index is 11.7. The monoisotopic (exact) mass is 387 g/mol. The van der Waals surface area contributed by atoms with E-state index in [-0.39, 0.29) is 18.4 Å². The fourth-order valence-corrected chi connectivity index (χ4v) is 3.67. The predicted molar refractivity (Wildman–Crippen MR) is 89.1 cm³/mol. The van der Waals surface area contributed by atoms with Crippen LogP contribution < -0.4 is 16.4 Å². The van der Waals surface area contributed by atoms with Crippen molar-refractivity contribution in [3.63, 3.8) is 0 Å². The second-order valence-corrected chi connectivity index (χ2v) is 7.61. The highest BCUT2D eigenvalue weighted by Gasteiger charge is 2.48. The molecule has 0 saturated carbocycles. The van der Waals surface area contributed by atoms with Gasteiger partial charge >= 0.3 is 0 Å². The highest BCUT2D eigenvalue weighted by molar-refractivity contribution is 7.50. The van der Waals surface area contributed by atoms with Gasteiger partial charge in [0.25, 0.3) is 0 Å². The van der Waals surface area contributed by atoms with Gasteiger partial charge in [0.2, 0.25) is 5.95 Å². The Morgan fingerprint density at radius 1 is 1.35 bits per heavy atom. The van der Waals surface area contributed by atoms with E-state index >= 15 is 0 Å². The summed E-state index contributed by atoms with van der Waals surface area (Å²) in [5.41, 5.74) is 12.2. The number of methoxy groups -OCH3 is 2. The average molecular weight is 387 g/mol. The molecule has 0 spiro atoms. The molecule has 12 nitrogen and oxygen atoms in total. The Hall–Kier alpha value is -1.82. The lowest BCUT2D eigenvalue weighted by atomic mass is 10.1. The maximum Gasteiger partial charge on any atom is 0.224 e. The highest BCUT2D eigenvalue weighted by atomic mass is 31.2. The summed E-state index contributed by atoms with van der Waals surface area (Å²) in [5.74, 6) is 0.0969. The lowest BCUT2D eigenvalue weighted by Crippen LogP contribution is -2.38. The third kappa shape index (κ3) is 3.52. The van der Waals surface area contributed by atoms with Crippen LogP contribution in [0.15, 0.2) is 6.33 Å². The summed E-state index contributed by atoms with van der Waals surface area (Å²) >= 11 is 0. The number of rotatable bonds is 6.